The molecule has 1 heterocycles. The van der Waals surface area contributed by atoms with Crippen molar-refractivity contribution in [2.75, 3.05) is 20.7 Å². The summed E-state index contributed by atoms with van der Waals surface area (Å²) in [6.07, 6.45) is -2.77. The van der Waals surface area contributed by atoms with E-state index in [2.05, 4.69) is 20.7 Å². The summed E-state index contributed by atoms with van der Waals surface area (Å²) in [6, 6.07) is -4.18. The Bertz CT molecular complexity index is 854. The second-order valence-corrected chi connectivity index (χ2v) is 10.5. The van der Waals surface area contributed by atoms with Crippen LogP contribution in [0.2, 0.25) is 0 Å². The van der Waals surface area contributed by atoms with E-state index in [-0.39, 0.29) is 13.0 Å². The van der Waals surface area contributed by atoms with Gasteiger partial charge < -0.3 is 25.6 Å². The fraction of sp³-hybridized carbons (Fsp3) is 0.783. The van der Waals surface area contributed by atoms with E-state index in [4.69, 9.17) is 0 Å². The molecule has 4 amide bonds. The van der Waals surface area contributed by atoms with Crippen LogP contribution >= 0.6 is 0 Å². The second-order valence-electron chi connectivity index (χ2n) is 10.5. The van der Waals surface area contributed by atoms with Gasteiger partial charge >= 0.3 is 6.09 Å². The van der Waals surface area contributed by atoms with E-state index in [9.17, 15) is 37.1 Å². The van der Waals surface area contributed by atoms with Crippen molar-refractivity contribution in [3.8, 4) is 0 Å². The molecule has 0 bridgehead atoms. The third-order valence-electron chi connectivity index (χ3n) is 5.97. The van der Waals surface area contributed by atoms with E-state index >= 15 is 0 Å². The van der Waals surface area contributed by atoms with E-state index < -0.39 is 84.0 Å². The largest absolute Gasteiger partial charge is 0.453 e. The Kier molecular flexibility index (Phi) is 10.3. The summed E-state index contributed by atoms with van der Waals surface area (Å²) in [5.41, 5.74) is -2.67. The van der Waals surface area contributed by atoms with Gasteiger partial charge in [0.15, 0.2) is 0 Å². The quantitative estimate of drug-likeness (QED) is 0.395. The van der Waals surface area contributed by atoms with Gasteiger partial charge in [-0.1, -0.05) is 20.8 Å². The number of rotatable bonds is 9. The molecule has 0 aromatic heterocycles. The number of hydrogen-bond donors (Lipinski definition) is 3. The lowest BCUT2D eigenvalue weighted by Gasteiger charge is -2.43. The molecule has 1 aliphatic rings. The molecule has 0 spiro atoms. The zero-order valence-corrected chi connectivity index (χ0v) is 21.8. The van der Waals surface area contributed by atoms with Gasteiger partial charge in [-0.2, -0.15) is 0 Å². The van der Waals surface area contributed by atoms with Gasteiger partial charge in [0.2, 0.25) is 23.5 Å². The molecule has 0 aromatic rings. The number of likely N-dealkylation sites (N-methyl/N-ethyl adjacent to an activating group) is 1. The van der Waals surface area contributed by atoms with Crippen molar-refractivity contribution in [1.29, 1.82) is 0 Å². The molecule has 1 aliphatic heterocycles. The summed E-state index contributed by atoms with van der Waals surface area (Å²) < 4.78 is 46.5. The van der Waals surface area contributed by atoms with Crippen LogP contribution in [0.1, 0.15) is 60.3 Å². The first kappa shape index (κ1) is 31.2. The SMILES string of the molecule is CNC(=O)C(=O)[C@H](CCC(C)(F)F)NC(=O)C1CC(C)(F)CCN1C(=O)[C@@H](NC(=O)OC)C(C)(C)C. The average Bonchev–Trinajstić information content (AvgIpc) is 2.76. The predicted molar refractivity (Wildman–Crippen MR) is 124 cm³/mol. The van der Waals surface area contributed by atoms with Gasteiger partial charge in [0, 0.05) is 26.4 Å². The predicted octanol–water partition coefficient (Wildman–Crippen LogP) is 1.71. The van der Waals surface area contributed by atoms with Gasteiger partial charge in [-0.05, 0) is 32.1 Å². The normalized spacial score (nSPS) is 22.2. The molecule has 0 radical (unpaired) electrons. The average molecular weight is 523 g/mol. The van der Waals surface area contributed by atoms with Crippen molar-refractivity contribution in [2.24, 2.45) is 5.41 Å². The minimum absolute atomic E-state index is 0.0970. The summed E-state index contributed by atoms with van der Waals surface area (Å²) in [6.45, 7) is 6.73. The summed E-state index contributed by atoms with van der Waals surface area (Å²) in [5, 5.41) is 6.79. The van der Waals surface area contributed by atoms with Crippen molar-refractivity contribution in [1.82, 2.24) is 20.9 Å². The van der Waals surface area contributed by atoms with E-state index in [0.29, 0.717) is 6.92 Å². The maximum absolute atomic E-state index is 15.0. The Balaban J connectivity index is 3.30. The zero-order valence-electron chi connectivity index (χ0n) is 21.8. The Labute approximate surface area is 209 Å². The number of ether oxygens (including phenoxy) is 1. The molecule has 0 aromatic carbocycles. The maximum atomic E-state index is 15.0. The lowest BCUT2D eigenvalue weighted by Crippen LogP contribution is -2.63. The molecule has 1 saturated heterocycles. The van der Waals surface area contributed by atoms with Crippen molar-refractivity contribution in [3.63, 3.8) is 0 Å². The smallest absolute Gasteiger partial charge is 0.407 e. The first-order valence-corrected chi connectivity index (χ1v) is 11.6. The Morgan fingerprint density at radius 3 is 2.17 bits per heavy atom. The van der Waals surface area contributed by atoms with Crippen LogP contribution in [0.15, 0.2) is 0 Å². The number of hydrogen-bond acceptors (Lipinski definition) is 6. The van der Waals surface area contributed by atoms with Crippen molar-refractivity contribution < 1.29 is 41.9 Å². The van der Waals surface area contributed by atoms with E-state index in [1.165, 1.54) is 14.0 Å². The Morgan fingerprint density at radius 1 is 1.11 bits per heavy atom. The number of halogens is 3. The van der Waals surface area contributed by atoms with Crippen LogP contribution in [0.4, 0.5) is 18.0 Å². The van der Waals surface area contributed by atoms with E-state index in [1.54, 1.807) is 20.8 Å². The second kappa shape index (κ2) is 11.9. The number of piperidine rings is 1. The van der Waals surface area contributed by atoms with E-state index in [1.807, 2.05) is 0 Å². The van der Waals surface area contributed by atoms with Crippen LogP contribution in [0.5, 0.6) is 0 Å². The van der Waals surface area contributed by atoms with Crippen LogP contribution in [0.25, 0.3) is 0 Å². The standard InChI is InChI=1S/C23H37F3N4O6/c1-21(2,3)16(29-20(35)36-7)19(34)30-11-10-22(4,24)12-14(30)17(32)28-13(8-9-23(5,25)26)15(31)18(33)27-6/h13-14,16H,8-12H2,1-7H3,(H,27,33)(H,28,32)(H,29,35)/t13-,14?,16+,22?/m0/s1. The number of ketones is 1. The fourth-order valence-electron chi connectivity index (χ4n) is 3.83. The van der Waals surface area contributed by atoms with Crippen LogP contribution in [-0.2, 0) is 23.9 Å². The highest BCUT2D eigenvalue weighted by Crippen LogP contribution is 2.32. The molecule has 0 saturated carbocycles. The molecule has 36 heavy (non-hydrogen) atoms. The van der Waals surface area contributed by atoms with Crippen LogP contribution in [0, 0.1) is 5.41 Å². The molecule has 2 unspecified atom stereocenters. The molecule has 4 atom stereocenters. The Hall–Kier alpha value is -2.86. The monoisotopic (exact) mass is 522 g/mol. The molecule has 0 aliphatic carbocycles. The molecule has 1 fully saturated rings. The molecular formula is C23H37F3N4O6. The fourth-order valence-corrected chi connectivity index (χ4v) is 3.83. The van der Waals surface area contributed by atoms with Crippen molar-refractivity contribution in [2.45, 2.75) is 90.0 Å². The van der Waals surface area contributed by atoms with Gasteiger partial charge in [-0.25, -0.2) is 18.0 Å². The number of methoxy groups -OCH3 is 1. The molecular weight excluding hydrogens is 485 g/mol. The first-order chi connectivity index (χ1) is 16.3. The highest BCUT2D eigenvalue weighted by atomic mass is 19.3. The summed E-state index contributed by atoms with van der Waals surface area (Å²) in [7, 11) is 2.29. The third-order valence-corrected chi connectivity index (χ3v) is 5.97. The first-order valence-electron chi connectivity index (χ1n) is 11.6. The number of carbonyl (C=O) groups is 5. The highest BCUT2D eigenvalue weighted by Gasteiger charge is 2.47. The zero-order chi connectivity index (χ0) is 28.1. The number of Topliss-reactive ketones (excluding diaryl/α,β-unsaturated/α-hetero) is 1. The third kappa shape index (κ3) is 8.98. The number of nitrogens with one attached hydrogen (secondary N) is 3. The topological polar surface area (TPSA) is 134 Å². The number of amides is 4. The highest BCUT2D eigenvalue weighted by molar-refractivity contribution is 6.38. The summed E-state index contributed by atoms with van der Waals surface area (Å²) >= 11 is 0. The van der Waals surface area contributed by atoms with Gasteiger partial charge in [-0.3, -0.25) is 19.2 Å². The van der Waals surface area contributed by atoms with Gasteiger partial charge in [0.25, 0.3) is 5.91 Å². The number of likely N-dealkylation sites (tertiary alicyclic amines) is 1. The Morgan fingerprint density at radius 2 is 1.69 bits per heavy atom. The summed E-state index contributed by atoms with van der Waals surface area (Å²) in [5.74, 6) is -7.07. The molecule has 10 nitrogen and oxygen atoms in total. The lowest BCUT2D eigenvalue weighted by atomic mass is 9.83. The number of nitrogens with zero attached hydrogens (tertiary/aromatic N) is 1. The minimum atomic E-state index is -3.17. The number of alkyl halides is 3. The van der Waals surface area contributed by atoms with Gasteiger partial charge in [-0.15, -0.1) is 0 Å². The number of carbonyl (C=O) groups excluding carboxylic acids is 5. The van der Waals surface area contributed by atoms with Crippen LogP contribution in [-0.4, -0.2) is 84.9 Å². The van der Waals surface area contributed by atoms with Crippen LogP contribution < -0.4 is 16.0 Å². The van der Waals surface area contributed by atoms with Crippen molar-refractivity contribution >= 4 is 29.6 Å². The molecule has 206 valence electrons. The number of alkyl carbamates (subject to hydrolysis) is 1. The molecule has 3 N–H and O–H groups in total. The van der Waals surface area contributed by atoms with Crippen LogP contribution in [0.3, 0.4) is 0 Å². The molecule has 1 rings (SSSR count). The maximum Gasteiger partial charge on any atom is 0.407 e. The van der Waals surface area contributed by atoms with Crippen molar-refractivity contribution in [3.05, 3.63) is 0 Å². The van der Waals surface area contributed by atoms with Gasteiger partial charge in [0.1, 0.15) is 17.8 Å². The van der Waals surface area contributed by atoms with Gasteiger partial charge in [0.05, 0.1) is 13.2 Å². The minimum Gasteiger partial charge on any atom is -0.453 e. The van der Waals surface area contributed by atoms with E-state index in [0.717, 1.165) is 12.0 Å². The molecule has 13 heteroatoms. The summed E-state index contributed by atoms with van der Waals surface area (Å²) in [4.78, 5) is 64.0. The lowest BCUT2D eigenvalue weighted by molar-refractivity contribution is -0.150.